The Morgan fingerprint density at radius 3 is 2.30 bits per heavy atom. The molecule has 9 heteroatoms. The standard InChI is InChI=1S/C11H11N3O5S/c1-7-11(8(2)19-12-7)20(17,18)13-9-3-5-10(6-4-9)14(15)16/h3-6,13H,1-2H3. The summed E-state index contributed by atoms with van der Waals surface area (Å²) in [5.41, 5.74) is 0.345. The highest BCUT2D eigenvalue weighted by Crippen LogP contribution is 2.23. The quantitative estimate of drug-likeness (QED) is 0.681. The number of sulfonamides is 1. The van der Waals surface area contributed by atoms with Gasteiger partial charge >= 0.3 is 0 Å². The maximum atomic E-state index is 12.2. The van der Waals surface area contributed by atoms with E-state index in [0.29, 0.717) is 0 Å². The smallest absolute Gasteiger partial charge is 0.269 e. The van der Waals surface area contributed by atoms with Gasteiger partial charge in [-0.05, 0) is 26.0 Å². The van der Waals surface area contributed by atoms with Crippen molar-refractivity contribution in [3.05, 3.63) is 45.8 Å². The van der Waals surface area contributed by atoms with E-state index in [4.69, 9.17) is 4.52 Å². The van der Waals surface area contributed by atoms with Gasteiger partial charge in [0.15, 0.2) is 10.7 Å². The van der Waals surface area contributed by atoms with E-state index in [9.17, 15) is 18.5 Å². The molecule has 8 nitrogen and oxygen atoms in total. The molecule has 0 unspecified atom stereocenters. The highest BCUT2D eigenvalue weighted by molar-refractivity contribution is 7.92. The molecule has 1 aromatic heterocycles. The third-order valence-electron chi connectivity index (χ3n) is 2.57. The minimum Gasteiger partial charge on any atom is -0.360 e. The van der Waals surface area contributed by atoms with E-state index in [1.54, 1.807) is 0 Å². The van der Waals surface area contributed by atoms with Crippen LogP contribution in [-0.2, 0) is 10.0 Å². The van der Waals surface area contributed by atoms with Crippen LogP contribution >= 0.6 is 0 Å². The summed E-state index contributed by atoms with van der Waals surface area (Å²) < 4.78 is 31.5. The Hall–Kier alpha value is -2.42. The van der Waals surface area contributed by atoms with Gasteiger partial charge < -0.3 is 4.52 Å². The number of nitro benzene ring substituents is 1. The van der Waals surface area contributed by atoms with E-state index in [0.717, 1.165) is 0 Å². The molecule has 0 aliphatic carbocycles. The Kier molecular flexibility index (Phi) is 3.45. The molecule has 0 spiro atoms. The monoisotopic (exact) mass is 297 g/mol. The summed E-state index contributed by atoms with van der Waals surface area (Å²) >= 11 is 0. The summed E-state index contributed by atoms with van der Waals surface area (Å²) in [5.74, 6) is 0.178. The van der Waals surface area contributed by atoms with Gasteiger partial charge in [-0.1, -0.05) is 5.16 Å². The van der Waals surface area contributed by atoms with Gasteiger partial charge in [-0.3, -0.25) is 14.8 Å². The lowest BCUT2D eigenvalue weighted by Crippen LogP contribution is -2.14. The summed E-state index contributed by atoms with van der Waals surface area (Å²) in [7, 11) is -3.84. The molecule has 20 heavy (non-hydrogen) atoms. The van der Waals surface area contributed by atoms with Gasteiger partial charge in [-0.2, -0.15) is 0 Å². The average molecular weight is 297 g/mol. The maximum Gasteiger partial charge on any atom is 0.269 e. The largest absolute Gasteiger partial charge is 0.360 e. The highest BCUT2D eigenvalue weighted by atomic mass is 32.2. The van der Waals surface area contributed by atoms with Crippen LogP contribution in [0.3, 0.4) is 0 Å². The predicted molar refractivity (Wildman–Crippen MR) is 69.9 cm³/mol. The fourth-order valence-electron chi connectivity index (χ4n) is 1.72. The number of rotatable bonds is 4. The van der Waals surface area contributed by atoms with Gasteiger partial charge in [0.05, 0.1) is 4.92 Å². The Bertz CT molecular complexity index is 729. The first-order chi connectivity index (χ1) is 9.31. The van der Waals surface area contributed by atoms with Gasteiger partial charge in [-0.25, -0.2) is 8.42 Å². The molecule has 0 saturated carbocycles. The van der Waals surface area contributed by atoms with Crippen molar-refractivity contribution in [1.29, 1.82) is 0 Å². The van der Waals surface area contributed by atoms with Crippen LogP contribution in [0.25, 0.3) is 0 Å². The van der Waals surface area contributed by atoms with E-state index >= 15 is 0 Å². The summed E-state index contributed by atoms with van der Waals surface area (Å²) in [4.78, 5) is 9.93. The fraction of sp³-hybridized carbons (Fsp3) is 0.182. The van der Waals surface area contributed by atoms with E-state index in [1.807, 2.05) is 0 Å². The van der Waals surface area contributed by atoms with Crippen LogP contribution in [0.2, 0.25) is 0 Å². The number of nitrogens with zero attached hydrogens (tertiary/aromatic N) is 2. The Labute approximate surface area is 114 Å². The van der Waals surface area contributed by atoms with Gasteiger partial charge in [0.1, 0.15) is 5.69 Å². The first-order valence-corrected chi connectivity index (χ1v) is 7.00. The van der Waals surface area contributed by atoms with Gasteiger partial charge in [-0.15, -0.1) is 0 Å². The van der Waals surface area contributed by atoms with Crippen molar-refractivity contribution in [3.8, 4) is 0 Å². The number of non-ortho nitro benzene ring substituents is 1. The zero-order valence-corrected chi connectivity index (χ0v) is 11.5. The van der Waals surface area contributed by atoms with Crippen LogP contribution in [0.15, 0.2) is 33.7 Å². The summed E-state index contributed by atoms with van der Waals surface area (Å²) in [6.45, 7) is 3.01. The molecule has 1 N–H and O–H groups in total. The van der Waals surface area contributed by atoms with Gasteiger partial charge in [0, 0.05) is 17.8 Å². The van der Waals surface area contributed by atoms with Crippen molar-refractivity contribution in [1.82, 2.24) is 5.16 Å². The van der Waals surface area contributed by atoms with Crippen LogP contribution in [0.5, 0.6) is 0 Å². The topological polar surface area (TPSA) is 115 Å². The molecule has 1 heterocycles. The molecule has 106 valence electrons. The van der Waals surface area contributed by atoms with Crippen LogP contribution in [0.1, 0.15) is 11.5 Å². The molecule has 0 fully saturated rings. The number of benzene rings is 1. The molecular weight excluding hydrogens is 286 g/mol. The summed E-state index contributed by atoms with van der Waals surface area (Å²) in [5, 5.41) is 14.1. The fourth-order valence-corrected chi connectivity index (χ4v) is 3.11. The minimum absolute atomic E-state index is 0.0316. The van der Waals surface area contributed by atoms with E-state index in [-0.39, 0.29) is 27.7 Å². The molecule has 0 atom stereocenters. The van der Waals surface area contributed by atoms with Crippen molar-refractivity contribution in [2.24, 2.45) is 0 Å². The van der Waals surface area contributed by atoms with Crippen molar-refractivity contribution in [2.75, 3.05) is 4.72 Å². The predicted octanol–water partition coefficient (Wildman–Crippen LogP) is 2.00. The molecule has 2 aromatic rings. The molecule has 0 bridgehead atoms. The molecule has 0 radical (unpaired) electrons. The zero-order chi connectivity index (χ0) is 14.9. The Morgan fingerprint density at radius 1 is 1.25 bits per heavy atom. The van der Waals surface area contributed by atoms with Gasteiger partial charge in [0.2, 0.25) is 0 Å². The first kappa shape index (κ1) is 14.0. The maximum absolute atomic E-state index is 12.2. The number of aryl methyl sites for hydroxylation is 2. The van der Waals surface area contributed by atoms with Crippen molar-refractivity contribution < 1.29 is 17.9 Å². The molecule has 2 rings (SSSR count). The summed E-state index contributed by atoms with van der Waals surface area (Å²) in [6.07, 6.45) is 0. The number of anilines is 1. The zero-order valence-electron chi connectivity index (χ0n) is 10.7. The number of hydrogen-bond acceptors (Lipinski definition) is 6. The van der Waals surface area contributed by atoms with Crippen molar-refractivity contribution in [2.45, 2.75) is 18.7 Å². The third-order valence-corrected chi connectivity index (χ3v) is 4.19. The lowest BCUT2D eigenvalue weighted by atomic mass is 10.3. The third kappa shape index (κ3) is 2.62. The second-order valence-corrected chi connectivity index (χ2v) is 5.68. The molecule has 0 amide bonds. The van der Waals surface area contributed by atoms with Crippen LogP contribution < -0.4 is 4.72 Å². The number of aromatic nitrogens is 1. The Morgan fingerprint density at radius 2 is 1.85 bits per heavy atom. The molecule has 0 aliphatic rings. The van der Waals surface area contributed by atoms with Gasteiger partial charge in [0.25, 0.3) is 15.7 Å². The second kappa shape index (κ2) is 4.93. The normalized spacial score (nSPS) is 11.3. The number of nitrogens with one attached hydrogen (secondary N) is 1. The number of nitro groups is 1. The van der Waals surface area contributed by atoms with E-state index in [2.05, 4.69) is 9.88 Å². The number of hydrogen-bond donors (Lipinski definition) is 1. The SMILES string of the molecule is Cc1noc(C)c1S(=O)(=O)Nc1ccc([N+](=O)[O-])cc1. The highest BCUT2D eigenvalue weighted by Gasteiger charge is 2.24. The lowest BCUT2D eigenvalue weighted by Gasteiger charge is -2.07. The molecule has 0 aliphatic heterocycles. The van der Waals surface area contributed by atoms with E-state index in [1.165, 1.54) is 38.1 Å². The van der Waals surface area contributed by atoms with Crippen LogP contribution in [0.4, 0.5) is 11.4 Å². The summed E-state index contributed by atoms with van der Waals surface area (Å²) in [6, 6.07) is 5.05. The molecular formula is C11H11N3O5S. The lowest BCUT2D eigenvalue weighted by molar-refractivity contribution is -0.384. The molecule has 1 aromatic carbocycles. The van der Waals surface area contributed by atoms with Crippen LogP contribution in [0, 0.1) is 24.0 Å². The second-order valence-electron chi connectivity index (χ2n) is 4.06. The van der Waals surface area contributed by atoms with Crippen LogP contribution in [-0.4, -0.2) is 18.5 Å². The first-order valence-electron chi connectivity index (χ1n) is 5.51. The van der Waals surface area contributed by atoms with E-state index < -0.39 is 14.9 Å². The Balaban J connectivity index is 2.31. The molecule has 0 saturated heterocycles. The van der Waals surface area contributed by atoms with Crippen molar-refractivity contribution >= 4 is 21.4 Å². The minimum atomic E-state index is -3.84. The van der Waals surface area contributed by atoms with Crippen molar-refractivity contribution in [3.63, 3.8) is 0 Å². The average Bonchev–Trinajstić information content (AvgIpc) is 2.69.